The Morgan fingerprint density at radius 3 is 2.71 bits per heavy atom. The molecule has 2 unspecified atom stereocenters. The molecule has 0 aliphatic carbocycles. The Balaban J connectivity index is 1.40. The van der Waals surface area contributed by atoms with Gasteiger partial charge in [0.2, 0.25) is 5.91 Å². The van der Waals surface area contributed by atoms with Crippen molar-refractivity contribution in [1.82, 2.24) is 14.3 Å². The van der Waals surface area contributed by atoms with Crippen LogP contribution in [-0.4, -0.2) is 43.9 Å². The first-order valence-corrected chi connectivity index (χ1v) is 12.3. The van der Waals surface area contributed by atoms with E-state index in [1.165, 1.54) is 10.5 Å². The van der Waals surface area contributed by atoms with E-state index in [-0.39, 0.29) is 22.8 Å². The summed E-state index contributed by atoms with van der Waals surface area (Å²) in [4.78, 5) is 24.6. The van der Waals surface area contributed by atoms with Crippen LogP contribution in [0.4, 0.5) is 13.2 Å². The quantitative estimate of drug-likeness (QED) is 0.486. The molecule has 5 rings (SSSR count). The molecular weight excluding hydrogens is 461 g/mol. The lowest BCUT2D eigenvalue weighted by atomic mass is 9.96. The van der Waals surface area contributed by atoms with Crippen molar-refractivity contribution in [2.24, 2.45) is 4.99 Å². The highest BCUT2D eigenvalue weighted by atomic mass is 32.2. The van der Waals surface area contributed by atoms with Crippen molar-refractivity contribution in [1.29, 1.82) is 0 Å². The van der Waals surface area contributed by atoms with Crippen LogP contribution in [0.25, 0.3) is 5.65 Å². The average molecular weight is 487 g/mol. The van der Waals surface area contributed by atoms with Crippen molar-refractivity contribution in [3.05, 3.63) is 71.7 Å². The number of nitrogens with zero attached hydrogens (tertiary/aromatic N) is 4. The van der Waals surface area contributed by atoms with Crippen LogP contribution in [0, 0.1) is 0 Å². The van der Waals surface area contributed by atoms with E-state index >= 15 is 0 Å². The minimum atomic E-state index is -4.47. The van der Waals surface area contributed by atoms with Crippen molar-refractivity contribution < 1.29 is 18.0 Å². The zero-order valence-corrected chi connectivity index (χ0v) is 19.5. The number of fused-ring (bicyclic) bond motifs is 1. The molecule has 9 heteroatoms. The normalized spacial score (nSPS) is 23.4. The van der Waals surface area contributed by atoms with E-state index in [1.807, 2.05) is 42.2 Å². The molecule has 1 aromatic carbocycles. The van der Waals surface area contributed by atoms with Gasteiger partial charge in [-0.2, -0.15) is 13.2 Å². The van der Waals surface area contributed by atoms with Gasteiger partial charge in [-0.15, -0.1) is 11.8 Å². The second kappa shape index (κ2) is 9.09. The standard InChI is InChI=1S/C25H25F3N4OS/c1-16-29-21(22(34-16)17-8-3-2-4-9-17)24(33)32-13-6-5-10-19(32)14-18-15-31-12-7-11-20(23(31)30-18)25(26,27)28/h2-4,7-9,11-12,15,19,21-22H,5-6,10,13-14H2,1H3/t19-,21?,22?/m0/s1. The number of aromatic nitrogens is 2. The van der Waals surface area contributed by atoms with E-state index in [0.29, 0.717) is 18.7 Å². The molecule has 0 spiro atoms. The monoisotopic (exact) mass is 486 g/mol. The molecule has 178 valence electrons. The predicted octanol–water partition coefficient (Wildman–Crippen LogP) is 5.55. The fourth-order valence-electron chi connectivity index (χ4n) is 4.92. The van der Waals surface area contributed by atoms with Gasteiger partial charge in [0.05, 0.1) is 21.6 Å². The van der Waals surface area contributed by atoms with E-state index in [1.54, 1.807) is 24.2 Å². The molecule has 3 atom stereocenters. The van der Waals surface area contributed by atoms with E-state index in [0.717, 1.165) is 35.9 Å². The number of amides is 1. The van der Waals surface area contributed by atoms with Gasteiger partial charge < -0.3 is 9.30 Å². The van der Waals surface area contributed by atoms with Crippen molar-refractivity contribution in [2.45, 2.75) is 56.1 Å². The highest BCUT2D eigenvalue weighted by Crippen LogP contribution is 2.41. The van der Waals surface area contributed by atoms with Crippen LogP contribution in [0.5, 0.6) is 0 Å². The highest BCUT2D eigenvalue weighted by Gasteiger charge is 2.40. The molecule has 5 nitrogen and oxygen atoms in total. The Kier molecular flexibility index (Phi) is 6.14. The third-order valence-corrected chi connectivity index (χ3v) is 7.71. The molecule has 1 amide bonds. The van der Waals surface area contributed by atoms with Crippen LogP contribution in [0.2, 0.25) is 0 Å². The number of imidazole rings is 1. The summed E-state index contributed by atoms with van der Waals surface area (Å²) in [6.07, 6.45) is 1.84. The Hall–Kier alpha value is -2.81. The van der Waals surface area contributed by atoms with Crippen molar-refractivity contribution >= 4 is 28.4 Å². The molecule has 4 heterocycles. The molecule has 2 aliphatic rings. The zero-order valence-electron chi connectivity index (χ0n) is 18.7. The SMILES string of the molecule is CC1=NC(C(=O)N2CCCC[C@H]2Cc2cn3cccc(C(F)(F)F)c3n2)C(c2ccccc2)S1. The third-order valence-electron chi connectivity index (χ3n) is 6.48. The van der Waals surface area contributed by atoms with Gasteiger partial charge in [0.1, 0.15) is 11.7 Å². The summed E-state index contributed by atoms with van der Waals surface area (Å²) in [5, 5.41) is 0.821. The number of alkyl halides is 3. The summed E-state index contributed by atoms with van der Waals surface area (Å²) in [5.41, 5.74) is 0.771. The molecule has 0 bridgehead atoms. The largest absolute Gasteiger partial charge is 0.419 e. The van der Waals surface area contributed by atoms with Gasteiger partial charge >= 0.3 is 6.18 Å². The first-order chi connectivity index (χ1) is 16.3. The van der Waals surface area contributed by atoms with Gasteiger partial charge in [-0.1, -0.05) is 30.3 Å². The van der Waals surface area contributed by atoms with E-state index < -0.39 is 17.8 Å². The zero-order chi connectivity index (χ0) is 23.9. The van der Waals surface area contributed by atoms with E-state index in [2.05, 4.69) is 9.98 Å². The van der Waals surface area contributed by atoms with Crippen LogP contribution >= 0.6 is 11.8 Å². The van der Waals surface area contributed by atoms with Crippen LogP contribution in [-0.2, 0) is 17.4 Å². The van der Waals surface area contributed by atoms with Gasteiger partial charge in [-0.05, 0) is 43.9 Å². The Morgan fingerprint density at radius 2 is 1.94 bits per heavy atom. The molecule has 34 heavy (non-hydrogen) atoms. The number of hydrogen-bond acceptors (Lipinski definition) is 4. The Labute approximate surface area is 200 Å². The topological polar surface area (TPSA) is 50.0 Å². The molecule has 0 saturated carbocycles. The van der Waals surface area contributed by atoms with Crippen LogP contribution in [0.3, 0.4) is 0 Å². The van der Waals surface area contributed by atoms with Gasteiger partial charge in [-0.25, -0.2) is 4.98 Å². The average Bonchev–Trinajstić information content (AvgIpc) is 3.41. The number of pyridine rings is 1. The Bertz CT molecular complexity index is 1220. The van der Waals surface area contributed by atoms with Crippen molar-refractivity contribution in [3.63, 3.8) is 0 Å². The summed E-state index contributed by atoms with van der Waals surface area (Å²) in [5.74, 6) is -0.0114. The summed E-state index contributed by atoms with van der Waals surface area (Å²) in [7, 11) is 0. The lowest BCUT2D eigenvalue weighted by Gasteiger charge is -2.37. The van der Waals surface area contributed by atoms with E-state index in [9.17, 15) is 18.0 Å². The lowest BCUT2D eigenvalue weighted by molar-refractivity contribution is -0.137. The predicted molar refractivity (Wildman–Crippen MR) is 127 cm³/mol. The first kappa shape index (κ1) is 23.0. The number of benzene rings is 1. The number of hydrogen-bond donors (Lipinski definition) is 0. The van der Waals surface area contributed by atoms with E-state index in [4.69, 9.17) is 0 Å². The number of carbonyl (C=O) groups is 1. The minimum absolute atomic E-state index is 0.0114. The number of halogens is 3. The number of thioether (sulfide) groups is 1. The lowest BCUT2D eigenvalue weighted by Crippen LogP contribution is -2.49. The molecule has 1 saturated heterocycles. The number of likely N-dealkylation sites (tertiary alicyclic amines) is 1. The van der Waals surface area contributed by atoms with Gasteiger partial charge in [0, 0.05) is 31.4 Å². The number of piperidine rings is 1. The van der Waals surface area contributed by atoms with Crippen LogP contribution in [0.1, 0.15) is 48.3 Å². The second-order valence-electron chi connectivity index (χ2n) is 8.81. The summed E-state index contributed by atoms with van der Waals surface area (Å²) in [6.45, 7) is 2.55. The molecule has 2 aliphatic heterocycles. The fourth-order valence-corrected chi connectivity index (χ4v) is 6.06. The fraction of sp³-hybridized carbons (Fsp3) is 0.400. The maximum atomic E-state index is 13.7. The number of aliphatic imine (C=N–C) groups is 1. The number of rotatable bonds is 4. The molecule has 2 aromatic heterocycles. The second-order valence-corrected chi connectivity index (χ2v) is 10.1. The first-order valence-electron chi connectivity index (χ1n) is 11.4. The summed E-state index contributed by atoms with van der Waals surface area (Å²) < 4.78 is 41.7. The molecule has 0 radical (unpaired) electrons. The maximum Gasteiger partial charge on any atom is 0.419 e. The smallest absolute Gasteiger partial charge is 0.337 e. The third kappa shape index (κ3) is 4.45. The summed E-state index contributed by atoms with van der Waals surface area (Å²) in [6, 6.07) is 11.7. The van der Waals surface area contributed by atoms with Crippen molar-refractivity contribution in [2.75, 3.05) is 6.54 Å². The molecule has 3 aromatic rings. The highest BCUT2D eigenvalue weighted by molar-refractivity contribution is 8.14. The molecular formula is C25H25F3N4OS. The van der Waals surface area contributed by atoms with Crippen LogP contribution in [0.15, 0.2) is 59.9 Å². The molecule has 1 fully saturated rings. The minimum Gasteiger partial charge on any atom is -0.337 e. The van der Waals surface area contributed by atoms with Gasteiger partial charge in [0.15, 0.2) is 0 Å². The van der Waals surface area contributed by atoms with Crippen LogP contribution < -0.4 is 0 Å². The number of carbonyl (C=O) groups excluding carboxylic acids is 1. The summed E-state index contributed by atoms with van der Waals surface area (Å²) >= 11 is 1.61. The molecule has 0 N–H and O–H groups in total. The van der Waals surface area contributed by atoms with Gasteiger partial charge in [-0.3, -0.25) is 9.79 Å². The van der Waals surface area contributed by atoms with Crippen molar-refractivity contribution in [3.8, 4) is 0 Å². The maximum absolute atomic E-state index is 13.7. The van der Waals surface area contributed by atoms with Gasteiger partial charge in [0.25, 0.3) is 0 Å². The Morgan fingerprint density at radius 1 is 1.15 bits per heavy atom.